The number of rotatable bonds is 7. The molecule has 0 unspecified atom stereocenters. The number of benzene rings is 1. The second-order valence-corrected chi connectivity index (χ2v) is 5.25. The van der Waals surface area contributed by atoms with Crippen molar-refractivity contribution in [3.63, 3.8) is 0 Å². The molecule has 0 aliphatic rings. The normalized spacial score (nSPS) is 11.0. The molecule has 0 fully saturated rings. The fraction of sp³-hybridized carbons (Fsp3) is 0.400. The van der Waals surface area contributed by atoms with E-state index in [0.29, 0.717) is 6.04 Å². The maximum atomic E-state index is 10.6. The molecule has 6 nitrogen and oxygen atoms in total. The largest absolute Gasteiger partial charge is 0.334 e. The van der Waals surface area contributed by atoms with Crippen molar-refractivity contribution in [3.05, 3.63) is 58.2 Å². The molecule has 0 bridgehead atoms. The molecule has 6 heteroatoms. The molecule has 0 saturated carbocycles. The fourth-order valence-electron chi connectivity index (χ4n) is 2.04. The lowest BCUT2D eigenvalue weighted by Gasteiger charge is -2.10. The lowest BCUT2D eigenvalue weighted by atomic mass is 10.1. The molecular weight excluding hydrogens is 268 g/mol. The third-order valence-corrected chi connectivity index (χ3v) is 3.26. The Hall–Kier alpha value is -2.21. The van der Waals surface area contributed by atoms with Crippen molar-refractivity contribution < 1.29 is 4.92 Å². The molecule has 0 aliphatic heterocycles. The lowest BCUT2D eigenvalue weighted by molar-refractivity contribution is -0.384. The Kier molecular flexibility index (Phi) is 5.05. The van der Waals surface area contributed by atoms with Crippen LogP contribution in [0.4, 0.5) is 5.69 Å². The van der Waals surface area contributed by atoms with Gasteiger partial charge in [0.1, 0.15) is 5.82 Å². The van der Waals surface area contributed by atoms with E-state index in [1.165, 1.54) is 0 Å². The molecule has 0 aliphatic carbocycles. The number of nitrogens with zero attached hydrogens (tertiary/aromatic N) is 3. The Morgan fingerprint density at radius 2 is 2.05 bits per heavy atom. The van der Waals surface area contributed by atoms with Crippen molar-refractivity contribution in [2.24, 2.45) is 0 Å². The molecule has 1 aromatic heterocycles. The van der Waals surface area contributed by atoms with Gasteiger partial charge < -0.3 is 9.88 Å². The van der Waals surface area contributed by atoms with Crippen LogP contribution in [0.3, 0.4) is 0 Å². The van der Waals surface area contributed by atoms with E-state index in [0.717, 1.165) is 30.9 Å². The highest BCUT2D eigenvalue weighted by atomic mass is 16.6. The summed E-state index contributed by atoms with van der Waals surface area (Å²) in [6.45, 7) is 5.76. The zero-order valence-corrected chi connectivity index (χ0v) is 12.3. The van der Waals surface area contributed by atoms with Crippen molar-refractivity contribution in [2.45, 2.75) is 39.4 Å². The number of hydrogen-bond donors (Lipinski definition) is 1. The molecule has 112 valence electrons. The first-order valence-corrected chi connectivity index (χ1v) is 7.03. The summed E-state index contributed by atoms with van der Waals surface area (Å²) >= 11 is 0. The molecule has 2 rings (SSSR count). The molecule has 0 saturated heterocycles. The number of non-ortho nitro benzene ring substituents is 1. The third kappa shape index (κ3) is 4.39. The van der Waals surface area contributed by atoms with Gasteiger partial charge in [-0.25, -0.2) is 4.98 Å². The van der Waals surface area contributed by atoms with Gasteiger partial charge in [0.25, 0.3) is 5.69 Å². The second kappa shape index (κ2) is 6.99. The lowest BCUT2D eigenvalue weighted by Crippen LogP contribution is -2.24. The third-order valence-electron chi connectivity index (χ3n) is 3.26. The van der Waals surface area contributed by atoms with Crippen LogP contribution in [0.25, 0.3) is 0 Å². The van der Waals surface area contributed by atoms with Crippen LogP contribution in [0.5, 0.6) is 0 Å². The first-order chi connectivity index (χ1) is 10.1. The van der Waals surface area contributed by atoms with E-state index in [-0.39, 0.29) is 10.6 Å². The molecular formula is C15H20N4O2. The van der Waals surface area contributed by atoms with Crippen molar-refractivity contribution in [2.75, 3.05) is 0 Å². The number of nitrogens with one attached hydrogen (secondary N) is 1. The zero-order valence-electron chi connectivity index (χ0n) is 12.3. The summed E-state index contributed by atoms with van der Waals surface area (Å²) in [5, 5.41) is 14.0. The molecule has 21 heavy (non-hydrogen) atoms. The SMILES string of the molecule is CC(C)NCc1nccn1CCc1ccc([N+](=O)[O-])cc1. The summed E-state index contributed by atoms with van der Waals surface area (Å²) in [5.41, 5.74) is 1.21. The Bertz CT molecular complexity index is 590. The molecule has 0 spiro atoms. The molecule has 0 amide bonds. The topological polar surface area (TPSA) is 73.0 Å². The van der Waals surface area contributed by atoms with Gasteiger partial charge in [-0.15, -0.1) is 0 Å². The maximum absolute atomic E-state index is 10.6. The predicted molar refractivity (Wildman–Crippen MR) is 81.0 cm³/mol. The van der Waals surface area contributed by atoms with Crippen LogP contribution >= 0.6 is 0 Å². The average molecular weight is 288 g/mol. The van der Waals surface area contributed by atoms with Crippen LogP contribution in [-0.2, 0) is 19.5 Å². The number of aromatic nitrogens is 2. The van der Waals surface area contributed by atoms with Gasteiger partial charge in [-0.2, -0.15) is 0 Å². The van der Waals surface area contributed by atoms with E-state index in [1.54, 1.807) is 30.5 Å². The van der Waals surface area contributed by atoms with Crippen molar-refractivity contribution >= 4 is 5.69 Å². The Morgan fingerprint density at radius 3 is 2.67 bits per heavy atom. The minimum Gasteiger partial charge on any atom is -0.334 e. The highest BCUT2D eigenvalue weighted by molar-refractivity contribution is 5.32. The highest BCUT2D eigenvalue weighted by Gasteiger charge is 2.06. The van der Waals surface area contributed by atoms with E-state index >= 15 is 0 Å². The van der Waals surface area contributed by atoms with Gasteiger partial charge in [-0.05, 0) is 12.0 Å². The van der Waals surface area contributed by atoms with Crippen LogP contribution in [-0.4, -0.2) is 20.5 Å². The number of nitro benzene ring substituents is 1. The Labute approximate surface area is 124 Å². The summed E-state index contributed by atoms with van der Waals surface area (Å²) < 4.78 is 2.11. The summed E-state index contributed by atoms with van der Waals surface area (Å²) in [4.78, 5) is 14.6. The number of imidazole rings is 1. The van der Waals surface area contributed by atoms with Gasteiger partial charge in [-0.3, -0.25) is 10.1 Å². The molecule has 1 heterocycles. The Morgan fingerprint density at radius 1 is 1.33 bits per heavy atom. The van der Waals surface area contributed by atoms with E-state index in [2.05, 4.69) is 28.7 Å². The fourth-order valence-corrected chi connectivity index (χ4v) is 2.04. The van der Waals surface area contributed by atoms with Gasteiger partial charge >= 0.3 is 0 Å². The first-order valence-electron chi connectivity index (χ1n) is 7.03. The molecule has 0 atom stereocenters. The smallest absolute Gasteiger partial charge is 0.269 e. The van der Waals surface area contributed by atoms with E-state index < -0.39 is 0 Å². The van der Waals surface area contributed by atoms with Crippen LogP contribution in [0, 0.1) is 10.1 Å². The number of nitro groups is 1. The van der Waals surface area contributed by atoms with Gasteiger partial charge in [0, 0.05) is 37.1 Å². The summed E-state index contributed by atoms with van der Waals surface area (Å²) in [6, 6.07) is 7.13. The van der Waals surface area contributed by atoms with Crippen molar-refractivity contribution in [1.82, 2.24) is 14.9 Å². The zero-order chi connectivity index (χ0) is 15.2. The van der Waals surface area contributed by atoms with Gasteiger partial charge in [-0.1, -0.05) is 26.0 Å². The average Bonchev–Trinajstić information content (AvgIpc) is 2.90. The quantitative estimate of drug-likeness (QED) is 0.627. The minimum atomic E-state index is -0.380. The standard InChI is InChI=1S/C15H20N4O2/c1-12(2)17-11-15-16-8-10-18(15)9-7-13-3-5-14(6-4-13)19(20)21/h3-6,8,10,12,17H,7,9,11H2,1-2H3. The summed E-state index contributed by atoms with van der Waals surface area (Å²) in [5.74, 6) is 1.01. The van der Waals surface area contributed by atoms with Crippen LogP contribution in [0.15, 0.2) is 36.7 Å². The maximum Gasteiger partial charge on any atom is 0.269 e. The van der Waals surface area contributed by atoms with Crippen LogP contribution < -0.4 is 5.32 Å². The number of aryl methyl sites for hydroxylation is 2. The van der Waals surface area contributed by atoms with Crippen LogP contribution in [0.2, 0.25) is 0 Å². The first kappa shape index (κ1) is 15.2. The molecule has 1 N–H and O–H groups in total. The second-order valence-electron chi connectivity index (χ2n) is 5.25. The van der Waals surface area contributed by atoms with Gasteiger partial charge in [0.2, 0.25) is 0 Å². The van der Waals surface area contributed by atoms with Gasteiger partial charge in [0.05, 0.1) is 11.5 Å². The van der Waals surface area contributed by atoms with Crippen molar-refractivity contribution in [3.8, 4) is 0 Å². The summed E-state index contributed by atoms with van der Waals surface area (Å²) in [6.07, 6.45) is 4.58. The predicted octanol–water partition coefficient (Wildman–Crippen LogP) is 2.53. The Balaban J connectivity index is 1.93. The van der Waals surface area contributed by atoms with Gasteiger partial charge in [0.15, 0.2) is 0 Å². The molecule has 2 aromatic rings. The highest BCUT2D eigenvalue weighted by Crippen LogP contribution is 2.13. The van der Waals surface area contributed by atoms with E-state index in [1.807, 2.05) is 6.20 Å². The van der Waals surface area contributed by atoms with Crippen molar-refractivity contribution in [1.29, 1.82) is 0 Å². The monoisotopic (exact) mass is 288 g/mol. The summed E-state index contributed by atoms with van der Waals surface area (Å²) in [7, 11) is 0. The molecule has 1 aromatic carbocycles. The number of hydrogen-bond acceptors (Lipinski definition) is 4. The minimum absolute atomic E-state index is 0.128. The van der Waals surface area contributed by atoms with Crippen LogP contribution in [0.1, 0.15) is 25.2 Å². The van der Waals surface area contributed by atoms with E-state index in [4.69, 9.17) is 0 Å². The van der Waals surface area contributed by atoms with E-state index in [9.17, 15) is 10.1 Å². The molecule has 0 radical (unpaired) electrons.